The number of nitrogens with zero attached hydrogens (tertiary/aromatic N) is 1. The summed E-state index contributed by atoms with van der Waals surface area (Å²) in [5, 5.41) is 0. The van der Waals surface area contributed by atoms with E-state index >= 15 is 0 Å². The fraction of sp³-hybridized carbons (Fsp3) is 0.533. The lowest BCUT2D eigenvalue weighted by Crippen LogP contribution is -2.09. The van der Waals surface area contributed by atoms with Gasteiger partial charge in [0, 0.05) is 13.2 Å². The van der Waals surface area contributed by atoms with E-state index in [4.69, 9.17) is 21.7 Å². The van der Waals surface area contributed by atoms with Crippen molar-refractivity contribution in [3.8, 4) is 5.75 Å². The van der Waals surface area contributed by atoms with Gasteiger partial charge in [-0.3, -0.25) is 0 Å². The third kappa shape index (κ3) is 2.25. The first-order valence-electron chi connectivity index (χ1n) is 7.13. The summed E-state index contributed by atoms with van der Waals surface area (Å²) in [7, 11) is 1.79. The number of hydrogen-bond donors (Lipinski definition) is 1. The fourth-order valence-electron chi connectivity index (χ4n) is 3.13. The molecule has 0 spiro atoms. The van der Waals surface area contributed by atoms with Crippen LogP contribution in [0.15, 0.2) is 18.2 Å². The number of hydrogen-bond acceptors (Lipinski definition) is 3. The van der Waals surface area contributed by atoms with E-state index in [0.29, 0.717) is 18.8 Å². The maximum Gasteiger partial charge on any atom is 0.178 e. The highest BCUT2D eigenvalue weighted by atomic mass is 32.1. The molecule has 1 saturated carbocycles. The number of methoxy groups -OCH3 is 1. The van der Waals surface area contributed by atoms with Crippen LogP contribution in [0.25, 0.3) is 11.0 Å². The van der Waals surface area contributed by atoms with Crippen molar-refractivity contribution in [2.75, 3.05) is 13.7 Å². The van der Waals surface area contributed by atoms with Gasteiger partial charge in [-0.2, -0.15) is 0 Å². The number of fused-ring (bicyclic) bond motifs is 1. The number of H-pyrrole nitrogens is 1. The van der Waals surface area contributed by atoms with Gasteiger partial charge in [0.2, 0.25) is 0 Å². The topological polar surface area (TPSA) is 39.2 Å². The second-order valence-corrected chi connectivity index (χ2v) is 5.59. The third-order valence-corrected chi connectivity index (χ3v) is 4.37. The van der Waals surface area contributed by atoms with Crippen molar-refractivity contribution in [1.29, 1.82) is 0 Å². The van der Waals surface area contributed by atoms with Crippen molar-refractivity contribution in [2.24, 2.45) is 0 Å². The summed E-state index contributed by atoms with van der Waals surface area (Å²) < 4.78 is 14.1. The number of benzene rings is 1. The fourth-order valence-corrected chi connectivity index (χ4v) is 3.48. The monoisotopic (exact) mass is 292 g/mol. The Morgan fingerprint density at radius 1 is 1.40 bits per heavy atom. The number of aromatic amines is 1. The summed E-state index contributed by atoms with van der Waals surface area (Å²) in [6, 6.07) is 6.52. The molecule has 1 aromatic heterocycles. The molecule has 0 saturated heterocycles. The van der Waals surface area contributed by atoms with Crippen LogP contribution in [-0.4, -0.2) is 29.4 Å². The molecular weight excluding hydrogens is 272 g/mol. The first kappa shape index (κ1) is 13.6. The summed E-state index contributed by atoms with van der Waals surface area (Å²) in [4.78, 5) is 3.30. The zero-order valence-electron chi connectivity index (χ0n) is 11.9. The van der Waals surface area contributed by atoms with Gasteiger partial charge in [0.25, 0.3) is 0 Å². The largest absolute Gasteiger partial charge is 0.492 e. The maximum atomic E-state index is 5.68. The minimum Gasteiger partial charge on any atom is -0.492 e. The molecule has 1 fully saturated rings. The smallest absolute Gasteiger partial charge is 0.178 e. The van der Waals surface area contributed by atoms with Crippen molar-refractivity contribution in [3.63, 3.8) is 0 Å². The Morgan fingerprint density at radius 3 is 2.95 bits per heavy atom. The molecule has 108 valence electrons. The van der Waals surface area contributed by atoms with Gasteiger partial charge < -0.3 is 19.0 Å². The van der Waals surface area contributed by atoms with Gasteiger partial charge in [-0.1, -0.05) is 6.07 Å². The molecule has 1 aliphatic rings. The number of ether oxygens (including phenoxy) is 2. The van der Waals surface area contributed by atoms with E-state index in [0.717, 1.165) is 40.8 Å². The van der Waals surface area contributed by atoms with Crippen molar-refractivity contribution in [1.82, 2.24) is 9.55 Å². The van der Waals surface area contributed by atoms with Gasteiger partial charge >= 0.3 is 0 Å². The number of para-hydroxylation sites is 1. The zero-order chi connectivity index (χ0) is 14.1. The quantitative estimate of drug-likeness (QED) is 0.870. The van der Waals surface area contributed by atoms with Crippen LogP contribution in [0.3, 0.4) is 0 Å². The Balaban J connectivity index is 2.06. The number of nitrogens with one attached hydrogen (secondary N) is 1. The SMILES string of the molecule is CCOc1cccc2c1[nH]c(=S)n2C1CCC(OC)C1. The number of rotatable bonds is 4. The summed E-state index contributed by atoms with van der Waals surface area (Å²) in [6.45, 7) is 2.64. The highest BCUT2D eigenvalue weighted by Crippen LogP contribution is 2.36. The van der Waals surface area contributed by atoms with Crippen molar-refractivity contribution >= 4 is 23.3 Å². The molecule has 3 rings (SSSR count). The van der Waals surface area contributed by atoms with Gasteiger partial charge in [0.1, 0.15) is 11.3 Å². The van der Waals surface area contributed by atoms with E-state index in [9.17, 15) is 0 Å². The van der Waals surface area contributed by atoms with E-state index in [-0.39, 0.29) is 0 Å². The standard InChI is InChI=1S/C15H20N2O2S/c1-3-19-13-6-4-5-12-14(13)16-15(20)17(12)10-7-8-11(9-10)18-2/h4-6,10-11H,3,7-9H2,1-2H3,(H,16,20). The molecule has 1 aliphatic carbocycles. The van der Waals surface area contributed by atoms with Gasteiger partial charge in [0.05, 0.1) is 18.2 Å². The summed E-state index contributed by atoms with van der Waals surface area (Å²) in [5.74, 6) is 0.871. The van der Waals surface area contributed by atoms with Gasteiger partial charge in [-0.25, -0.2) is 0 Å². The van der Waals surface area contributed by atoms with Crippen LogP contribution in [0.4, 0.5) is 0 Å². The predicted octanol–water partition coefficient (Wildman–Crippen LogP) is 3.84. The average molecular weight is 292 g/mol. The van der Waals surface area contributed by atoms with E-state index in [1.807, 2.05) is 19.1 Å². The molecule has 5 heteroatoms. The highest BCUT2D eigenvalue weighted by Gasteiger charge is 2.27. The van der Waals surface area contributed by atoms with Crippen molar-refractivity contribution in [3.05, 3.63) is 23.0 Å². The lowest BCUT2D eigenvalue weighted by Gasteiger charge is -2.14. The molecule has 2 atom stereocenters. The normalized spacial score (nSPS) is 22.5. The van der Waals surface area contributed by atoms with E-state index < -0.39 is 0 Å². The minimum atomic E-state index is 0.349. The molecule has 0 radical (unpaired) electrons. The molecular formula is C15H20N2O2S. The molecule has 0 bridgehead atoms. The van der Waals surface area contributed by atoms with Crippen LogP contribution < -0.4 is 4.74 Å². The summed E-state index contributed by atoms with van der Waals surface area (Å²) >= 11 is 5.52. The van der Waals surface area contributed by atoms with Crippen LogP contribution in [0.1, 0.15) is 32.2 Å². The van der Waals surface area contributed by atoms with Crippen LogP contribution in [0.2, 0.25) is 0 Å². The Bertz CT molecular complexity index is 661. The van der Waals surface area contributed by atoms with Crippen LogP contribution >= 0.6 is 12.2 Å². The lowest BCUT2D eigenvalue weighted by molar-refractivity contribution is 0.106. The van der Waals surface area contributed by atoms with E-state index in [1.54, 1.807) is 7.11 Å². The predicted molar refractivity (Wildman–Crippen MR) is 82.0 cm³/mol. The summed E-state index contributed by atoms with van der Waals surface area (Å²) in [6.07, 6.45) is 3.58. The average Bonchev–Trinajstić information content (AvgIpc) is 3.02. The third-order valence-electron chi connectivity index (χ3n) is 4.07. The Hall–Kier alpha value is -1.33. The molecule has 0 amide bonds. The maximum absolute atomic E-state index is 5.68. The molecule has 1 N–H and O–H groups in total. The van der Waals surface area contributed by atoms with Crippen molar-refractivity contribution in [2.45, 2.75) is 38.3 Å². The van der Waals surface area contributed by atoms with E-state index in [2.05, 4.69) is 15.6 Å². The zero-order valence-corrected chi connectivity index (χ0v) is 12.7. The van der Waals surface area contributed by atoms with Gasteiger partial charge in [-0.05, 0) is 50.5 Å². The van der Waals surface area contributed by atoms with E-state index in [1.165, 1.54) is 0 Å². The summed E-state index contributed by atoms with van der Waals surface area (Å²) in [5.41, 5.74) is 2.13. The first-order valence-corrected chi connectivity index (χ1v) is 7.54. The Labute approximate surface area is 123 Å². The molecule has 0 aliphatic heterocycles. The second kappa shape index (κ2) is 5.58. The minimum absolute atomic E-state index is 0.349. The van der Waals surface area contributed by atoms with Crippen LogP contribution in [0.5, 0.6) is 5.75 Å². The molecule has 1 heterocycles. The Kier molecular flexibility index (Phi) is 3.81. The first-order chi connectivity index (χ1) is 9.74. The van der Waals surface area contributed by atoms with Gasteiger partial charge in [-0.15, -0.1) is 0 Å². The molecule has 1 aromatic carbocycles. The highest BCUT2D eigenvalue weighted by molar-refractivity contribution is 7.71. The second-order valence-electron chi connectivity index (χ2n) is 5.21. The van der Waals surface area contributed by atoms with Crippen LogP contribution in [0, 0.1) is 4.77 Å². The number of aromatic nitrogens is 2. The van der Waals surface area contributed by atoms with Crippen molar-refractivity contribution < 1.29 is 9.47 Å². The van der Waals surface area contributed by atoms with Gasteiger partial charge in [0.15, 0.2) is 4.77 Å². The molecule has 2 unspecified atom stereocenters. The lowest BCUT2D eigenvalue weighted by atomic mass is 10.2. The number of imidazole rings is 1. The van der Waals surface area contributed by atoms with Crippen LogP contribution in [-0.2, 0) is 4.74 Å². The Morgan fingerprint density at radius 2 is 2.25 bits per heavy atom. The molecule has 20 heavy (non-hydrogen) atoms. The molecule has 2 aromatic rings. The molecule has 4 nitrogen and oxygen atoms in total.